The van der Waals surface area contributed by atoms with Crippen molar-refractivity contribution >= 4 is 0 Å². The third kappa shape index (κ3) is 3.14. The van der Waals surface area contributed by atoms with E-state index < -0.39 is 0 Å². The fourth-order valence-electron chi connectivity index (χ4n) is 1.76. The van der Waals surface area contributed by atoms with Gasteiger partial charge in [-0.15, -0.1) is 0 Å². The first-order valence-electron chi connectivity index (χ1n) is 6.09. The molecular formula is C15H17FN2. The third-order valence-corrected chi connectivity index (χ3v) is 2.74. The summed E-state index contributed by atoms with van der Waals surface area (Å²) in [5.74, 6) is -0.191. The third-order valence-electron chi connectivity index (χ3n) is 2.74. The van der Waals surface area contributed by atoms with Gasteiger partial charge in [0.05, 0.1) is 0 Å². The lowest BCUT2D eigenvalue weighted by Gasteiger charge is -2.09. The summed E-state index contributed by atoms with van der Waals surface area (Å²) in [6, 6.07) is 9.38. The maximum absolute atomic E-state index is 14.0. The highest BCUT2D eigenvalue weighted by atomic mass is 19.1. The van der Waals surface area contributed by atoms with Crippen LogP contribution >= 0.6 is 0 Å². The van der Waals surface area contributed by atoms with Gasteiger partial charge in [-0.1, -0.05) is 26.0 Å². The second-order valence-electron chi connectivity index (χ2n) is 4.59. The number of benzene rings is 1. The molecule has 0 saturated carbocycles. The van der Waals surface area contributed by atoms with Gasteiger partial charge in [-0.05, 0) is 29.3 Å². The normalized spacial score (nSPS) is 10.9. The van der Waals surface area contributed by atoms with Crippen molar-refractivity contribution in [1.29, 1.82) is 0 Å². The van der Waals surface area contributed by atoms with Gasteiger partial charge in [0.1, 0.15) is 5.82 Å². The Balaban J connectivity index is 2.20. The van der Waals surface area contributed by atoms with Gasteiger partial charge in [0.2, 0.25) is 0 Å². The molecule has 94 valence electrons. The molecular weight excluding hydrogens is 227 g/mol. The predicted molar refractivity (Wildman–Crippen MR) is 71.6 cm³/mol. The second-order valence-corrected chi connectivity index (χ2v) is 4.59. The predicted octanol–water partition coefficient (Wildman–Crippen LogP) is 3.39. The maximum Gasteiger partial charge on any atom is 0.131 e. The Morgan fingerprint density at radius 2 is 1.89 bits per heavy atom. The molecule has 0 saturated heterocycles. The van der Waals surface area contributed by atoms with E-state index in [0.29, 0.717) is 18.2 Å². The van der Waals surface area contributed by atoms with Crippen molar-refractivity contribution in [2.75, 3.05) is 0 Å². The van der Waals surface area contributed by atoms with Crippen molar-refractivity contribution < 1.29 is 4.39 Å². The lowest BCUT2D eigenvalue weighted by Crippen LogP contribution is -2.21. The van der Waals surface area contributed by atoms with Gasteiger partial charge < -0.3 is 5.32 Å². The van der Waals surface area contributed by atoms with Crippen molar-refractivity contribution in [2.45, 2.75) is 26.4 Å². The number of aromatic nitrogens is 1. The summed E-state index contributed by atoms with van der Waals surface area (Å²) in [6.45, 7) is 4.83. The van der Waals surface area contributed by atoms with Crippen molar-refractivity contribution in [1.82, 2.24) is 10.3 Å². The van der Waals surface area contributed by atoms with Crippen LogP contribution in [0, 0.1) is 5.82 Å². The van der Waals surface area contributed by atoms with E-state index in [1.165, 1.54) is 0 Å². The van der Waals surface area contributed by atoms with Gasteiger partial charge in [0, 0.05) is 30.5 Å². The Kier molecular flexibility index (Phi) is 4.05. The molecule has 0 spiro atoms. The van der Waals surface area contributed by atoms with Gasteiger partial charge in [0.15, 0.2) is 0 Å². The summed E-state index contributed by atoms with van der Waals surface area (Å²) in [4.78, 5) is 3.93. The molecule has 3 heteroatoms. The Bertz CT molecular complexity index is 509. The minimum absolute atomic E-state index is 0.191. The summed E-state index contributed by atoms with van der Waals surface area (Å²) in [5, 5.41) is 3.27. The van der Waals surface area contributed by atoms with Crippen LogP contribution in [0.15, 0.2) is 42.7 Å². The number of rotatable bonds is 4. The molecule has 0 atom stereocenters. The Morgan fingerprint density at radius 1 is 1.17 bits per heavy atom. The van der Waals surface area contributed by atoms with Crippen LogP contribution in [0.25, 0.3) is 11.1 Å². The fourth-order valence-corrected chi connectivity index (χ4v) is 1.76. The first-order chi connectivity index (χ1) is 8.66. The Hall–Kier alpha value is -1.74. The second kappa shape index (κ2) is 5.74. The largest absolute Gasteiger partial charge is 0.310 e. The van der Waals surface area contributed by atoms with E-state index in [0.717, 1.165) is 11.1 Å². The number of nitrogens with one attached hydrogen (secondary N) is 1. The van der Waals surface area contributed by atoms with Gasteiger partial charge >= 0.3 is 0 Å². The standard InChI is InChI=1S/C15H17FN2/c1-11(2)18-10-12-3-4-14(15(16)9-12)13-5-7-17-8-6-13/h3-9,11,18H,10H2,1-2H3. The molecule has 18 heavy (non-hydrogen) atoms. The first kappa shape index (κ1) is 12.7. The van der Waals surface area contributed by atoms with E-state index in [4.69, 9.17) is 0 Å². The molecule has 2 nitrogen and oxygen atoms in total. The average Bonchev–Trinajstić information content (AvgIpc) is 2.37. The maximum atomic E-state index is 14.0. The summed E-state index contributed by atoms with van der Waals surface area (Å²) >= 11 is 0. The molecule has 0 aliphatic rings. The molecule has 1 aromatic heterocycles. The van der Waals surface area contributed by atoms with Crippen LogP contribution in [-0.4, -0.2) is 11.0 Å². The van der Waals surface area contributed by atoms with Crippen molar-refractivity contribution in [3.05, 3.63) is 54.1 Å². The minimum Gasteiger partial charge on any atom is -0.310 e. The number of nitrogens with zero attached hydrogens (tertiary/aromatic N) is 1. The molecule has 1 aromatic carbocycles. The van der Waals surface area contributed by atoms with Gasteiger partial charge in [-0.2, -0.15) is 0 Å². The van der Waals surface area contributed by atoms with Crippen LogP contribution in [0.2, 0.25) is 0 Å². The first-order valence-corrected chi connectivity index (χ1v) is 6.09. The van der Waals surface area contributed by atoms with Gasteiger partial charge in [0.25, 0.3) is 0 Å². The van der Waals surface area contributed by atoms with E-state index in [1.54, 1.807) is 18.5 Å². The zero-order valence-electron chi connectivity index (χ0n) is 10.7. The van der Waals surface area contributed by atoms with Crippen LogP contribution in [0.5, 0.6) is 0 Å². The molecule has 1 N–H and O–H groups in total. The smallest absolute Gasteiger partial charge is 0.131 e. The topological polar surface area (TPSA) is 24.9 Å². The summed E-state index contributed by atoms with van der Waals surface area (Å²) in [5.41, 5.74) is 2.43. The van der Waals surface area contributed by atoms with Crippen LogP contribution in [0.1, 0.15) is 19.4 Å². The van der Waals surface area contributed by atoms with E-state index >= 15 is 0 Å². The van der Waals surface area contributed by atoms with Crippen molar-refractivity contribution in [3.8, 4) is 11.1 Å². The molecule has 2 aromatic rings. The number of hydrogen-bond acceptors (Lipinski definition) is 2. The summed E-state index contributed by atoms with van der Waals surface area (Å²) in [6.07, 6.45) is 3.34. The zero-order chi connectivity index (χ0) is 13.0. The lowest BCUT2D eigenvalue weighted by atomic mass is 10.0. The number of hydrogen-bond donors (Lipinski definition) is 1. The summed E-state index contributed by atoms with van der Waals surface area (Å²) < 4.78 is 14.0. The Labute approximate surface area is 107 Å². The van der Waals surface area contributed by atoms with Crippen molar-refractivity contribution in [2.24, 2.45) is 0 Å². The van der Waals surface area contributed by atoms with Crippen LogP contribution in [0.3, 0.4) is 0 Å². The molecule has 2 rings (SSSR count). The highest BCUT2D eigenvalue weighted by Gasteiger charge is 2.06. The average molecular weight is 244 g/mol. The Morgan fingerprint density at radius 3 is 2.50 bits per heavy atom. The molecule has 0 unspecified atom stereocenters. The quantitative estimate of drug-likeness (QED) is 0.891. The highest BCUT2D eigenvalue weighted by molar-refractivity contribution is 5.63. The van der Waals surface area contributed by atoms with Crippen molar-refractivity contribution in [3.63, 3.8) is 0 Å². The van der Waals surface area contributed by atoms with Gasteiger partial charge in [-0.25, -0.2) is 4.39 Å². The van der Waals surface area contributed by atoms with Crippen LogP contribution in [0.4, 0.5) is 4.39 Å². The molecule has 0 radical (unpaired) electrons. The summed E-state index contributed by atoms with van der Waals surface area (Å²) in [7, 11) is 0. The van der Waals surface area contributed by atoms with E-state index in [1.807, 2.05) is 24.3 Å². The monoisotopic (exact) mass is 244 g/mol. The minimum atomic E-state index is -0.191. The SMILES string of the molecule is CC(C)NCc1ccc(-c2ccncc2)c(F)c1. The molecule has 1 heterocycles. The molecule has 0 amide bonds. The van der Waals surface area contributed by atoms with Gasteiger partial charge in [-0.3, -0.25) is 4.98 Å². The fraction of sp³-hybridized carbons (Fsp3) is 0.267. The molecule has 0 aliphatic heterocycles. The highest BCUT2D eigenvalue weighted by Crippen LogP contribution is 2.22. The number of pyridine rings is 1. The van der Waals surface area contributed by atoms with Crippen LogP contribution < -0.4 is 5.32 Å². The van der Waals surface area contributed by atoms with E-state index in [-0.39, 0.29) is 5.82 Å². The van der Waals surface area contributed by atoms with Crippen LogP contribution in [-0.2, 0) is 6.54 Å². The molecule has 0 fully saturated rings. The number of halogens is 1. The molecule has 0 aliphatic carbocycles. The molecule has 0 bridgehead atoms. The van der Waals surface area contributed by atoms with E-state index in [9.17, 15) is 4.39 Å². The van der Waals surface area contributed by atoms with E-state index in [2.05, 4.69) is 24.1 Å². The lowest BCUT2D eigenvalue weighted by molar-refractivity contribution is 0.582. The zero-order valence-corrected chi connectivity index (χ0v) is 10.7.